The lowest BCUT2D eigenvalue weighted by Gasteiger charge is -2.14. The molecule has 0 aromatic heterocycles. The Morgan fingerprint density at radius 1 is 1.22 bits per heavy atom. The Morgan fingerprint density at radius 2 is 1.94 bits per heavy atom. The summed E-state index contributed by atoms with van der Waals surface area (Å²) in [5, 5.41) is 10.2. The highest BCUT2D eigenvalue weighted by Crippen LogP contribution is 2.24. The first kappa shape index (κ1) is 13.2. The molecule has 0 amide bonds. The molecule has 18 heavy (non-hydrogen) atoms. The van der Waals surface area contributed by atoms with Crippen LogP contribution < -0.4 is 0 Å². The zero-order valence-electron chi connectivity index (χ0n) is 10.0. The molecule has 0 spiro atoms. The Morgan fingerprint density at radius 3 is 2.67 bits per heavy atom. The molecule has 0 aliphatic heterocycles. The Kier molecular flexibility index (Phi) is 4.15. The van der Waals surface area contributed by atoms with Crippen LogP contribution in [0.15, 0.2) is 46.9 Å². The van der Waals surface area contributed by atoms with Gasteiger partial charge in [-0.15, -0.1) is 0 Å². The van der Waals surface area contributed by atoms with E-state index in [1.807, 2.05) is 31.2 Å². The van der Waals surface area contributed by atoms with Crippen LogP contribution in [0.5, 0.6) is 0 Å². The van der Waals surface area contributed by atoms with Gasteiger partial charge in [0.1, 0.15) is 5.82 Å². The van der Waals surface area contributed by atoms with Crippen LogP contribution in [0.25, 0.3) is 0 Å². The van der Waals surface area contributed by atoms with Gasteiger partial charge < -0.3 is 5.11 Å². The topological polar surface area (TPSA) is 20.2 Å². The van der Waals surface area contributed by atoms with Crippen LogP contribution in [-0.4, -0.2) is 5.11 Å². The van der Waals surface area contributed by atoms with Crippen molar-refractivity contribution in [2.75, 3.05) is 0 Å². The number of benzene rings is 2. The van der Waals surface area contributed by atoms with Crippen molar-refractivity contribution in [2.45, 2.75) is 19.4 Å². The molecular weight excluding hydrogens is 295 g/mol. The highest BCUT2D eigenvalue weighted by Gasteiger charge is 2.13. The summed E-state index contributed by atoms with van der Waals surface area (Å²) < 4.78 is 14.4. The molecule has 0 aliphatic rings. The third-order valence-corrected chi connectivity index (χ3v) is 3.46. The van der Waals surface area contributed by atoms with Gasteiger partial charge in [-0.1, -0.05) is 40.2 Å². The van der Waals surface area contributed by atoms with E-state index in [2.05, 4.69) is 15.9 Å². The molecule has 0 saturated carbocycles. The maximum atomic E-state index is 13.6. The highest BCUT2D eigenvalue weighted by molar-refractivity contribution is 9.10. The zero-order chi connectivity index (χ0) is 13.1. The summed E-state index contributed by atoms with van der Waals surface area (Å²) >= 11 is 3.31. The summed E-state index contributed by atoms with van der Waals surface area (Å²) in [4.78, 5) is 0. The molecule has 3 heteroatoms. The van der Waals surface area contributed by atoms with Gasteiger partial charge in [0.25, 0.3) is 0 Å². The third kappa shape index (κ3) is 2.98. The summed E-state index contributed by atoms with van der Waals surface area (Å²) in [5.41, 5.74) is 2.37. The molecule has 0 aliphatic carbocycles. The van der Waals surface area contributed by atoms with Crippen molar-refractivity contribution in [1.82, 2.24) is 0 Å². The van der Waals surface area contributed by atoms with Crippen LogP contribution in [-0.2, 0) is 6.42 Å². The lowest BCUT2D eigenvalue weighted by atomic mass is 9.97. The average Bonchev–Trinajstić information content (AvgIpc) is 2.34. The fourth-order valence-electron chi connectivity index (χ4n) is 1.98. The summed E-state index contributed by atoms with van der Waals surface area (Å²) in [6.07, 6.45) is -0.411. The summed E-state index contributed by atoms with van der Waals surface area (Å²) in [6, 6.07) is 12.4. The van der Waals surface area contributed by atoms with Crippen molar-refractivity contribution in [3.05, 3.63) is 69.4 Å². The summed E-state index contributed by atoms with van der Waals surface area (Å²) in [7, 11) is 0. The number of aliphatic hydroxyl groups is 1. The van der Waals surface area contributed by atoms with Crippen molar-refractivity contribution in [3.8, 4) is 0 Å². The first-order valence-electron chi connectivity index (χ1n) is 5.75. The molecule has 0 radical (unpaired) electrons. The fourth-order valence-corrected chi connectivity index (χ4v) is 2.39. The highest BCUT2D eigenvalue weighted by atomic mass is 79.9. The lowest BCUT2D eigenvalue weighted by molar-refractivity contribution is 0.176. The van der Waals surface area contributed by atoms with E-state index < -0.39 is 6.10 Å². The van der Waals surface area contributed by atoms with E-state index in [0.29, 0.717) is 5.56 Å². The van der Waals surface area contributed by atoms with Crippen molar-refractivity contribution in [1.29, 1.82) is 0 Å². The molecule has 2 aromatic carbocycles. The van der Waals surface area contributed by atoms with Gasteiger partial charge in [-0.3, -0.25) is 0 Å². The SMILES string of the molecule is Cc1ccccc1C(O)Cc1cc(Br)ccc1F. The predicted molar refractivity (Wildman–Crippen MR) is 73.9 cm³/mol. The van der Waals surface area contributed by atoms with E-state index in [1.165, 1.54) is 6.07 Å². The Bertz CT molecular complexity index is 554. The van der Waals surface area contributed by atoms with Gasteiger partial charge in [-0.25, -0.2) is 4.39 Å². The molecule has 1 atom stereocenters. The molecule has 1 N–H and O–H groups in total. The van der Waals surface area contributed by atoms with Gasteiger partial charge >= 0.3 is 0 Å². The maximum absolute atomic E-state index is 13.6. The average molecular weight is 309 g/mol. The molecular formula is C15H14BrFO. The molecule has 0 bridgehead atoms. The normalized spacial score (nSPS) is 12.4. The van der Waals surface area contributed by atoms with Gasteiger partial charge in [0.05, 0.1) is 6.10 Å². The second-order valence-electron chi connectivity index (χ2n) is 4.31. The molecule has 0 fully saturated rings. The van der Waals surface area contributed by atoms with Crippen LogP contribution in [0.4, 0.5) is 4.39 Å². The maximum Gasteiger partial charge on any atom is 0.126 e. The number of aliphatic hydroxyl groups excluding tert-OH is 1. The monoisotopic (exact) mass is 308 g/mol. The van der Waals surface area contributed by atoms with Crippen molar-refractivity contribution < 1.29 is 9.50 Å². The Balaban J connectivity index is 2.24. The fraction of sp³-hybridized carbons (Fsp3) is 0.200. The molecule has 1 nitrogen and oxygen atoms in total. The first-order valence-corrected chi connectivity index (χ1v) is 6.55. The van der Waals surface area contributed by atoms with E-state index in [9.17, 15) is 9.50 Å². The van der Waals surface area contributed by atoms with Crippen molar-refractivity contribution in [3.63, 3.8) is 0 Å². The minimum atomic E-state index is -0.685. The van der Waals surface area contributed by atoms with Gasteiger partial charge in [-0.05, 0) is 41.8 Å². The summed E-state index contributed by atoms with van der Waals surface area (Å²) in [5.74, 6) is -0.286. The molecule has 2 aromatic rings. The second-order valence-corrected chi connectivity index (χ2v) is 5.23. The van der Waals surface area contributed by atoms with Crippen LogP contribution in [0.3, 0.4) is 0 Å². The van der Waals surface area contributed by atoms with Crippen LogP contribution in [0.2, 0.25) is 0 Å². The largest absolute Gasteiger partial charge is 0.388 e. The van der Waals surface area contributed by atoms with Crippen LogP contribution >= 0.6 is 15.9 Å². The molecule has 2 rings (SSSR count). The van der Waals surface area contributed by atoms with E-state index in [4.69, 9.17) is 0 Å². The van der Waals surface area contributed by atoms with Gasteiger partial charge in [0.2, 0.25) is 0 Å². The molecule has 0 saturated heterocycles. The van der Waals surface area contributed by atoms with E-state index in [1.54, 1.807) is 12.1 Å². The van der Waals surface area contributed by atoms with Gasteiger partial charge in [0.15, 0.2) is 0 Å². The smallest absolute Gasteiger partial charge is 0.126 e. The number of hydrogen-bond donors (Lipinski definition) is 1. The van der Waals surface area contributed by atoms with Crippen LogP contribution in [0, 0.1) is 12.7 Å². The van der Waals surface area contributed by atoms with Gasteiger partial charge in [0, 0.05) is 10.9 Å². The number of halogens is 2. The lowest BCUT2D eigenvalue weighted by Crippen LogP contribution is -2.05. The molecule has 1 unspecified atom stereocenters. The molecule has 94 valence electrons. The standard InChI is InChI=1S/C15H14BrFO/c1-10-4-2-3-5-13(10)15(18)9-11-8-12(16)6-7-14(11)17/h2-8,15,18H,9H2,1H3. The quantitative estimate of drug-likeness (QED) is 0.902. The van der Waals surface area contributed by atoms with Gasteiger partial charge in [-0.2, -0.15) is 0 Å². The minimum Gasteiger partial charge on any atom is -0.388 e. The number of aryl methyl sites for hydroxylation is 1. The third-order valence-electron chi connectivity index (χ3n) is 2.97. The Labute approximate surface area is 114 Å². The second kappa shape index (κ2) is 5.63. The van der Waals surface area contributed by atoms with E-state index in [-0.39, 0.29) is 12.2 Å². The zero-order valence-corrected chi connectivity index (χ0v) is 11.6. The van der Waals surface area contributed by atoms with E-state index >= 15 is 0 Å². The van der Waals surface area contributed by atoms with Crippen molar-refractivity contribution in [2.24, 2.45) is 0 Å². The Hall–Kier alpha value is -1.19. The predicted octanol–water partition coefficient (Wildman–Crippen LogP) is 4.17. The molecule has 0 heterocycles. The number of rotatable bonds is 3. The van der Waals surface area contributed by atoms with E-state index in [0.717, 1.165) is 15.6 Å². The minimum absolute atomic E-state index is 0.274. The first-order chi connectivity index (χ1) is 8.58. The van der Waals surface area contributed by atoms with Crippen molar-refractivity contribution >= 4 is 15.9 Å². The number of hydrogen-bond acceptors (Lipinski definition) is 1. The summed E-state index contributed by atoms with van der Waals surface area (Å²) in [6.45, 7) is 1.94. The van der Waals surface area contributed by atoms with Crippen LogP contribution in [0.1, 0.15) is 22.8 Å².